The van der Waals surface area contributed by atoms with Gasteiger partial charge in [-0.05, 0) is 53.9 Å². The molecule has 0 aromatic heterocycles. The molecule has 2 unspecified atom stereocenters. The van der Waals surface area contributed by atoms with Crippen molar-refractivity contribution < 1.29 is 19.1 Å². The molecule has 6 heteroatoms. The maximum Gasteiger partial charge on any atom is 0.407 e. The molecule has 23 heavy (non-hydrogen) atoms. The van der Waals surface area contributed by atoms with Crippen molar-refractivity contribution in [3.8, 4) is 0 Å². The van der Waals surface area contributed by atoms with Crippen LogP contribution in [0, 0.1) is 5.92 Å². The molecule has 0 aromatic rings. The molecule has 1 aliphatic rings. The smallest absolute Gasteiger partial charge is 0.407 e. The second-order valence-corrected chi connectivity index (χ2v) is 8.46. The van der Waals surface area contributed by atoms with Gasteiger partial charge in [0.25, 0.3) is 0 Å². The van der Waals surface area contributed by atoms with Crippen LogP contribution < -0.4 is 5.32 Å². The molecular formula is C17H32N2O4. The van der Waals surface area contributed by atoms with Crippen LogP contribution in [0.3, 0.4) is 0 Å². The minimum atomic E-state index is -0.513. The van der Waals surface area contributed by atoms with Crippen LogP contribution in [0.25, 0.3) is 0 Å². The highest BCUT2D eigenvalue weighted by atomic mass is 16.6. The maximum absolute atomic E-state index is 12.0. The molecule has 0 aromatic carbocycles. The van der Waals surface area contributed by atoms with E-state index in [4.69, 9.17) is 9.47 Å². The molecular weight excluding hydrogens is 296 g/mol. The van der Waals surface area contributed by atoms with Crippen LogP contribution in [0.2, 0.25) is 0 Å². The molecule has 0 saturated carbocycles. The van der Waals surface area contributed by atoms with Crippen LogP contribution in [-0.2, 0) is 14.3 Å². The van der Waals surface area contributed by atoms with E-state index in [-0.39, 0.29) is 18.6 Å². The van der Waals surface area contributed by atoms with Crippen LogP contribution in [0.1, 0.15) is 54.9 Å². The summed E-state index contributed by atoms with van der Waals surface area (Å²) in [4.78, 5) is 25.9. The van der Waals surface area contributed by atoms with Crippen LogP contribution in [0.5, 0.6) is 0 Å². The summed E-state index contributed by atoms with van der Waals surface area (Å²) in [5.74, 6) is 0.161. The Morgan fingerprint density at radius 1 is 1.04 bits per heavy atom. The van der Waals surface area contributed by atoms with E-state index in [9.17, 15) is 9.59 Å². The monoisotopic (exact) mass is 328 g/mol. The number of nitrogens with one attached hydrogen (secondary N) is 1. The van der Waals surface area contributed by atoms with Crippen LogP contribution in [0.4, 0.5) is 4.79 Å². The third-order valence-electron chi connectivity index (χ3n) is 3.23. The molecule has 1 fully saturated rings. The molecule has 1 aliphatic heterocycles. The fourth-order valence-corrected chi connectivity index (χ4v) is 2.73. The Kier molecular flexibility index (Phi) is 6.45. The van der Waals surface area contributed by atoms with E-state index in [1.54, 1.807) is 0 Å². The number of ether oxygens (including phenoxy) is 2. The highest BCUT2D eigenvalue weighted by Crippen LogP contribution is 2.18. The molecule has 1 amide bonds. The fourth-order valence-electron chi connectivity index (χ4n) is 2.73. The average Bonchev–Trinajstić information content (AvgIpc) is 2.20. The first-order valence-electron chi connectivity index (χ1n) is 8.28. The lowest BCUT2D eigenvalue weighted by atomic mass is 9.96. The van der Waals surface area contributed by atoms with Crippen molar-refractivity contribution >= 4 is 12.1 Å². The standard InChI is InChI=1S/C17H32N2O4/c1-12-8-13(18-15(21)23-17(5,6)7)10-19(9-12)11-14(20)22-16(2,3)4/h12-13H,8-11H2,1-7H3,(H,18,21). The summed E-state index contributed by atoms with van der Waals surface area (Å²) in [5.41, 5.74) is -0.993. The first kappa shape index (κ1) is 19.7. The topological polar surface area (TPSA) is 67.9 Å². The van der Waals surface area contributed by atoms with Crippen molar-refractivity contribution in [2.24, 2.45) is 5.92 Å². The number of nitrogens with zero attached hydrogens (tertiary/aromatic N) is 1. The van der Waals surface area contributed by atoms with Gasteiger partial charge in [0.2, 0.25) is 0 Å². The van der Waals surface area contributed by atoms with Gasteiger partial charge in [0, 0.05) is 19.1 Å². The number of hydrogen-bond donors (Lipinski definition) is 1. The van der Waals surface area contributed by atoms with Crippen molar-refractivity contribution in [1.82, 2.24) is 10.2 Å². The van der Waals surface area contributed by atoms with Gasteiger partial charge in [-0.1, -0.05) is 6.92 Å². The average molecular weight is 328 g/mol. The van der Waals surface area contributed by atoms with Gasteiger partial charge in [-0.3, -0.25) is 9.69 Å². The van der Waals surface area contributed by atoms with Gasteiger partial charge in [0.1, 0.15) is 11.2 Å². The van der Waals surface area contributed by atoms with E-state index in [2.05, 4.69) is 12.2 Å². The number of amides is 1. The minimum absolute atomic E-state index is 0.0176. The maximum atomic E-state index is 12.0. The normalized spacial score (nSPS) is 23.3. The lowest BCUT2D eigenvalue weighted by molar-refractivity contribution is -0.156. The van der Waals surface area contributed by atoms with Gasteiger partial charge >= 0.3 is 12.1 Å². The summed E-state index contributed by atoms with van der Waals surface area (Å²) in [6.45, 7) is 14.9. The first-order valence-corrected chi connectivity index (χ1v) is 8.28. The number of rotatable bonds is 3. The Morgan fingerprint density at radius 3 is 2.13 bits per heavy atom. The van der Waals surface area contributed by atoms with Crippen LogP contribution in [0.15, 0.2) is 0 Å². The summed E-state index contributed by atoms with van der Waals surface area (Å²) >= 11 is 0. The second kappa shape index (κ2) is 7.51. The van der Waals surface area contributed by atoms with Gasteiger partial charge in [-0.25, -0.2) is 4.79 Å². The zero-order valence-corrected chi connectivity index (χ0v) is 15.6. The Bertz CT molecular complexity index is 385. The highest BCUT2D eigenvalue weighted by Gasteiger charge is 2.29. The van der Waals surface area contributed by atoms with E-state index in [0.717, 1.165) is 13.0 Å². The van der Waals surface area contributed by atoms with Gasteiger partial charge < -0.3 is 14.8 Å². The van der Waals surface area contributed by atoms with E-state index in [0.29, 0.717) is 12.5 Å². The van der Waals surface area contributed by atoms with Crippen LogP contribution in [-0.4, -0.2) is 53.8 Å². The predicted molar refractivity (Wildman–Crippen MR) is 89.2 cm³/mol. The third kappa shape index (κ3) is 8.79. The summed E-state index contributed by atoms with van der Waals surface area (Å²) in [5, 5.41) is 2.90. The predicted octanol–water partition coefficient (Wildman–Crippen LogP) is 2.56. The number of carbonyl (C=O) groups is 2. The molecule has 6 nitrogen and oxygen atoms in total. The Labute approximate surface area is 139 Å². The second-order valence-electron chi connectivity index (χ2n) is 8.46. The molecule has 1 heterocycles. The van der Waals surface area contributed by atoms with E-state index >= 15 is 0 Å². The molecule has 1 rings (SSSR count). The summed E-state index contributed by atoms with van der Waals surface area (Å²) in [6, 6.07) is -0.0176. The van der Waals surface area contributed by atoms with E-state index in [1.807, 2.05) is 46.4 Å². The largest absolute Gasteiger partial charge is 0.459 e. The SMILES string of the molecule is CC1CC(NC(=O)OC(C)(C)C)CN(CC(=O)OC(C)(C)C)C1. The van der Waals surface area contributed by atoms with Gasteiger partial charge in [-0.2, -0.15) is 0 Å². The fraction of sp³-hybridized carbons (Fsp3) is 0.882. The number of alkyl carbamates (subject to hydrolysis) is 1. The number of piperidine rings is 1. The zero-order valence-electron chi connectivity index (χ0n) is 15.6. The Balaban J connectivity index is 2.52. The van der Waals surface area contributed by atoms with Gasteiger partial charge in [-0.15, -0.1) is 0 Å². The van der Waals surface area contributed by atoms with Crippen molar-refractivity contribution in [3.05, 3.63) is 0 Å². The zero-order chi connectivity index (χ0) is 17.8. The summed E-state index contributed by atoms with van der Waals surface area (Å²) < 4.78 is 10.7. The van der Waals surface area contributed by atoms with E-state index in [1.165, 1.54) is 0 Å². The van der Waals surface area contributed by atoms with Crippen molar-refractivity contribution in [3.63, 3.8) is 0 Å². The minimum Gasteiger partial charge on any atom is -0.459 e. The first-order chi connectivity index (χ1) is 10.3. The molecule has 1 N–H and O–H groups in total. The Morgan fingerprint density at radius 2 is 1.61 bits per heavy atom. The lowest BCUT2D eigenvalue weighted by Crippen LogP contribution is -2.52. The summed E-state index contributed by atoms with van der Waals surface area (Å²) in [7, 11) is 0. The molecule has 2 atom stereocenters. The summed E-state index contributed by atoms with van der Waals surface area (Å²) in [6.07, 6.45) is 0.471. The van der Waals surface area contributed by atoms with Crippen molar-refractivity contribution in [2.45, 2.75) is 72.1 Å². The number of hydrogen-bond acceptors (Lipinski definition) is 5. The third-order valence-corrected chi connectivity index (χ3v) is 3.23. The molecule has 0 aliphatic carbocycles. The molecule has 0 bridgehead atoms. The van der Waals surface area contributed by atoms with Crippen molar-refractivity contribution in [1.29, 1.82) is 0 Å². The Hall–Kier alpha value is -1.30. The number of esters is 1. The van der Waals surface area contributed by atoms with Gasteiger partial charge in [0.05, 0.1) is 6.54 Å². The van der Waals surface area contributed by atoms with E-state index < -0.39 is 17.3 Å². The molecule has 134 valence electrons. The lowest BCUT2D eigenvalue weighted by Gasteiger charge is -2.36. The quantitative estimate of drug-likeness (QED) is 0.807. The molecule has 0 radical (unpaired) electrons. The molecule has 1 saturated heterocycles. The number of likely N-dealkylation sites (tertiary alicyclic amines) is 1. The van der Waals surface area contributed by atoms with Crippen molar-refractivity contribution in [2.75, 3.05) is 19.6 Å². The highest BCUT2D eigenvalue weighted by molar-refractivity contribution is 5.72. The number of carbonyl (C=O) groups excluding carboxylic acids is 2. The van der Waals surface area contributed by atoms with Gasteiger partial charge in [0.15, 0.2) is 0 Å². The van der Waals surface area contributed by atoms with Crippen LogP contribution >= 0.6 is 0 Å². The molecule has 0 spiro atoms.